The Morgan fingerprint density at radius 1 is 1.07 bits per heavy atom. The number of rotatable bonds is 6. The van der Waals surface area contributed by atoms with E-state index in [1.165, 1.54) is 17.7 Å². The molecule has 3 heterocycles. The monoisotopic (exact) mass is 364 g/mol. The van der Waals surface area contributed by atoms with Crippen molar-refractivity contribution in [2.75, 3.05) is 37.6 Å². The summed E-state index contributed by atoms with van der Waals surface area (Å²) in [7, 11) is 0. The third-order valence-corrected chi connectivity index (χ3v) is 5.64. The number of fused-ring (bicyclic) bond motifs is 1. The molecule has 5 heteroatoms. The fraction of sp³-hybridized carbons (Fsp3) is 0.455. The summed E-state index contributed by atoms with van der Waals surface area (Å²) in [6.45, 7) is 4.53. The second kappa shape index (κ2) is 8.53. The molecule has 2 aromatic rings. The van der Waals surface area contributed by atoms with Gasteiger partial charge in [-0.25, -0.2) is 0 Å². The minimum absolute atomic E-state index is 0.0928. The highest BCUT2D eigenvalue weighted by atomic mass is 16.2. The zero-order valence-corrected chi connectivity index (χ0v) is 15.8. The first kappa shape index (κ1) is 18.0. The van der Waals surface area contributed by atoms with Crippen LogP contribution in [0.5, 0.6) is 0 Å². The van der Waals surface area contributed by atoms with Gasteiger partial charge in [-0.1, -0.05) is 24.3 Å². The van der Waals surface area contributed by atoms with Crippen molar-refractivity contribution in [3.63, 3.8) is 0 Å². The van der Waals surface area contributed by atoms with Crippen LogP contribution in [0.4, 0.5) is 5.69 Å². The smallest absolute Gasteiger partial charge is 0.242 e. The van der Waals surface area contributed by atoms with E-state index in [0.29, 0.717) is 6.54 Å². The van der Waals surface area contributed by atoms with Crippen LogP contribution < -0.4 is 10.2 Å². The van der Waals surface area contributed by atoms with Crippen LogP contribution in [0.1, 0.15) is 36.4 Å². The van der Waals surface area contributed by atoms with Gasteiger partial charge in [0, 0.05) is 37.7 Å². The molecule has 1 amide bonds. The van der Waals surface area contributed by atoms with Gasteiger partial charge >= 0.3 is 0 Å². The molecule has 0 unspecified atom stereocenters. The van der Waals surface area contributed by atoms with E-state index in [1.807, 2.05) is 18.3 Å². The number of nitrogens with zero attached hydrogens (tertiary/aromatic N) is 3. The van der Waals surface area contributed by atoms with Gasteiger partial charge in [-0.2, -0.15) is 0 Å². The van der Waals surface area contributed by atoms with E-state index < -0.39 is 0 Å². The lowest BCUT2D eigenvalue weighted by Gasteiger charge is -2.32. The summed E-state index contributed by atoms with van der Waals surface area (Å²) < 4.78 is 0. The van der Waals surface area contributed by atoms with E-state index >= 15 is 0 Å². The fourth-order valence-electron chi connectivity index (χ4n) is 4.32. The number of pyridine rings is 1. The first-order chi connectivity index (χ1) is 13.3. The molecule has 27 heavy (non-hydrogen) atoms. The number of anilines is 1. The normalized spacial score (nSPS) is 18.1. The molecule has 0 radical (unpaired) electrons. The average Bonchev–Trinajstić information content (AvgIpc) is 3.23. The highest BCUT2D eigenvalue weighted by Gasteiger charge is 2.29. The van der Waals surface area contributed by atoms with Gasteiger partial charge in [0.1, 0.15) is 6.04 Å². The van der Waals surface area contributed by atoms with E-state index in [0.717, 1.165) is 51.0 Å². The number of hydrogen-bond acceptors (Lipinski definition) is 4. The maximum atomic E-state index is 13.0. The molecule has 1 aromatic heterocycles. The Kier molecular flexibility index (Phi) is 5.68. The number of para-hydroxylation sites is 1. The Morgan fingerprint density at radius 3 is 2.74 bits per heavy atom. The van der Waals surface area contributed by atoms with Crippen molar-refractivity contribution < 1.29 is 4.79 Å². The van der Waals surface area contributed by atoms with E-state index in [-0.39, 0.29) is 11.9 Å². The molecule has 0 aliphatic carbocycles. The number of nitrogens with one attached hydrogen (secondary N) is 1. The molecule has 0 spiro atoms. The summed E-state index contributed by atoms with van der Waals surface area (Å²) in [5.74, 6) is 0.0928. The topological polar surface area (TPSA) is 48.5 Å². The second-order valence-corrected chi connectivity index (χ2v) is 7.44. The van der Waals surface area contributed by atoms with Gasteiger partial charge in [-0.15, -0.1) is 0 Å². The Balaban J connectivity index is 1.39. The summed E-state index contributed by atoms with van der Waals surface area (Å²) in [6.07, 6.45) is 8.23. The predicted molar refractivity (Wildman–Crippen MR) is 108 cm³/mol. The van der Waals surface area contributed by atoms with Gasteiger partial charge < -0.3 is 10.2 Å². The molecule has 1 fully saturated rings. The van der Waals surface area contributed by atoms with Crippen LogP contribution in [0, 0.1) is 0 Å². The summed E-state index contributed by atoms with van der Waals surface area (Å²) in [4.78, 5) is 21.9. The van der Waals surface area contributed by atoms with Crippen molar-refractivity contribution in [1.82, 2.24) is 15.2 Å². The molecule has 0 saturated carbocycles. The number of benzene rings is 1. The zero-order chi connectivity index (χ0) is 18.5. The van der Waals surface area contributed by atoms with Gasteiger partial charge in [0.05, 0.1) is 0 Å². The molecular weight excluding hydrogens is 336 g/mol. The van der Waals surface area contributed by atoms with Crippen molar-refractivity contribution in [2.45, 2.75) is 31.7 Å². The van der Waals surface area contributed by atoms with Crippen molar-refractivity contribution in [3.05, 3.63) is 59.9 Å². The highest BCUT2D eigenvalue weighted by Crippen LogP contribution is 2.27. The Morgan fingerprint density at radius 2 is 1.93 bits per heavy atom. The van der Waals surface area contributed by atoms with Crippen LogP contribution in [0.25, 0.3) is 0 Å². The molecule has 4 rings (SSSR count). The van der Waals surface area contributed by atoms with Crippen molar-refractivity contribution in [3.8, 4) is 0 Å². The molecule has 1 N–H and O–H groups in total. The zero-order valence-electron chi connectivity index (χ0n) is 15.8. The maximum Gasteiger partial charge on any atom is 0.242 e. The molecule has 1 aromatic carbocycles. The molecular formula is C22H28N4O. The number of aryl methyl sites for hydroxylation is 1. The van der Waals surface area contributed by atoms with Gasteiger partial charge in [0.25, 0.3) is 0 Å². The highest BCUT2D eigenvalue weighted by molar-refractivity contribution is 5.83. The number of hydrogen-bond donors (Lipinski definition) is 1. The first-order valence-electron chi connectivity index (χ1n) is 10.1. The Hall–Kier alpha value is -2.40. The van der Waals surface area contributed by atoms with Gasteiger partial charge in [-0.3, -0.25) is 14.7 Å². The number of carbonyl (C=O) groups is 1. The van der Waals surface area contributed by atoms with Crippen molar-refractivity contribution in [2.24, 2.45) is 0 Å². The largest absolute Gasteiger partial charge is 0.370 e. The summed E-state index contributed by atoms with van der Waals surface area (Å²) >= 11 is 0. The average molecular weight is 364 g/mol. The molecule has 2 aliphatic rings. The standard InChI is InChI=1S/C22H28N4O/c27-22(21(26-13-3-4-14-26)19-8-5-11-23-17-19)24-12-16-25-15-6-9-18-7-1-2-10-20(18)25/h1-2,5,7-8,10-11,17,21H,3-4,6,9,12-16H2,(H,24,27)/t21-/m1/s1. The SMILES string of the molecule is O=C(NCCN1CCCc2ccccc21)[C@@H](c1cccnc1)N1CCCC1. The molecule has 2 aliphatic heterocycles. The van der Waals surface area contributed by atoms with Crippen molar-refractivity contribution in [1.29, 1.82) is 0 Å². The Labute approximate surface area is 161 Å². The van der Waals surface area contributed by atoms with Gasteiger partial charge in [0.15, 0.2) is 0 Å². The van der Waals surface area contributed by atoms with E-state index in [9.17, 15) is 4.79 Å². The summed E-state index contributed by atoms with van der Waals surface area (Å²) in [5, 5.41) is 3.19. The van der Waals surface area contributed by atoms with Crippen LogP contribution in [-0.4, -0.2) is 48.5 Å². The van der Waals surface area contributed by atoms with Crippen molar-refractivity contribution >= 4 is 11.6 Å². The molecule has 1 atom stereocenters. The summed E-state index contributed by atoms with van der Waals surface area (Å²) in [6, 6.07) is 12.3. The first-order valence-corrected chi connectivity index (χ1v) is 10.1. The van der Waals surface area contributed by atoms with Crippen LogP contribution in [0.2, 0.25) is 0 Å². The summed E-state index contributed by atoms with van der Waals surface area (Å²) in [5.41, 5.74) is 3.72. The lowest BCUT2D eigenvalue weighted by molar-refractivity contribution is -0.126. The lowest BCUT2D eigenvalue weighted by Crippen LogP contribution is -2.43. The number of aromatic nitrogens is 1. The molecule has 142 valence electrons. The quantitative estimate of drug-likeness (QED) is 0.856. The number of likely N-dealkylation sites (tertiary alicyclic amines) is 1. The molecule has 1 saturated heterocycles. The fourth-order valence-corrected chi connectivity index (χ4v) is 4.32. The third kappa shape index (κ3) is 4.14. The maximum absolute atomic E-state index is 13.0. The molecule has 5 nitrogen and oxygen atoms in total. The van der Waals surface area contributed by atoms with E-state index in [2.05, 4.69) is 44.4 Å². The number of carbonyl (C=O) groups excluding carboxylic acids is 1. The predicted octanol–water partition coefficient (Wildman–Crippen LogP) is 2.79. The minimum Gasteiger partial charge on any atom is -0.370 e. The van der Waals surface area contributed by atoms with Crippen LogP contribution in [0.15, 0.2) is 48.8 Å². The van der Waals surface area contributed by atoms with E-state index in [1.54, 1.807) is 6.20 Å². The second-order valence-electron chi connectivity index (χ2n) is 7.44. The molecule has 0 bridgehead atoms. The Bertz CT molecular complexity index is 758. The van der Waals surface area contributed by atoms with Gasteiger partial charge in [-0.05, 0) is 62.0 Å². The minimum atomic E-state index is -0.227. The van der Waals surface area contributed by atoms with E-state index in [4.69, 9.17) is 0 Å². The van der Waals surface area contributed by atoms with Crippen LogP contribution in [-0.2, 0) is 11.2 Å². The van der Waals surface area contributed by atoms with Gasteiger partial charge in [0.2, 0.25) is 5.91 Å². The lowest BCUT2D eigenvalue weighted by atomic mass is 10.0. The third-order valence-electron chi connectivity index (χ3n) is 5.64. The van der Waals surface area contributed by atoms with Crippen LogP contribution in [0.3, 0.4) is 0 Å². The van der Waals surface area contributed by atoms with Crippen LogP contribution >= 0.6 is 0 Å². The number of amides is 1.